The number of nitrogens with zero attached hydrogens (tertiary/aromatic N) is 8. The Hall–Kier alpha value is -10.4. The third kappa shape index (κ3) is 15.1. The van der Waals surface area contributed by atoms with E-state index in [-0.39, 0.29) is 0 Å². The van der Waals surface area contributed by atoms with Gasteiger partial charge in [-0.3, -0.25) is 9.97 Å². The van der Waals surface area contributed by atoms with Gasteiger partial charge < -0.3 is 10.0 Å². The summed E-state index contributed by atoms with van der Waals surface area (Å²) < 4.78 is 0.864. The molecule has 0 saturated carbocycles. The van der Waals surface area contributed by atoms with E-state index in [0.717, 1.165) is 82.4 Å². The van der Waals surface area contributed by atoms with Crippen LogP contribution in [-0.4, -0.2) is 57.0 Å². The fraction of sp³-hybridized carbons (Fsp3) is 0. The van der Waals surface area contributed by atoms with Crippen LogP contribution < -0.4 is 5.46 Å². The topological polar surface area (TPSA) is 144 Å². The monoisotopic (exact) mass is 1270 g/mol. The minimum atomic E-state index is -1.40. The SMILES string of the molecule is Clc1cc(-c2cccnc2)cc(-c2nc(-c3ccc(-c4ccccc4)cc3)nc(-c3ccc(-c4ccccc4)cc3)n2)c1.Clc1cc(Br)cc(-c2nc(-c3ccc(-c4ccccc4)cc3)nc(-c3ccc(-c4ccccc4)cc3)n2)c1.OB(O)c1cccnc1. The molecule has 10 aromatic carbocycles. The van der Waals surface area contributed by atoms with Crippen molar-refractivity contribution in [3.63, 3.8) is 0 Å². The zero-order valence-electron chi connectivity index (χ0n) is 48.1. The Morgan fingerprint density at radius 2 is 0.533 bits per heavy atom. The van der Waals surface area contributed by atoms with Gasteiger partial charge in [-0.2, -0.15) is 0 Å². The Bertz CT molecular complexity index is 4450. The molecule has 0 fully saturated rings. The lowest BCUT2D eigenvalue weighted by Crippen LogP contribution is -2.29. The number of hydrogen-bond donors (Lipinski definition) is 2. The Morgan fingerprint density at radius 1 is 0.256 bits per heavy atom. The van der Waals surface area contributed by atoms with E-state index in [4.69, 9.17) is 63.2 Å². The van der Waals surface area contributed by atoms with Crippen molar-refractivity contribution < 1.29 is 10.0 Å². The van der Waals surface area contributed by atoms with Crippen molar-refractivity contribution in [1.29, 1.82) is 0 Å². The molecule has 0 amide bonds. The molecule has 0 aliphatic rings. The quantitative estimate of drug-likeness (QED) is 0.113. The predicted molar refractivity (Wildman–Crippen MR) is 369 cm³/mol. The van der Waals surface area contributed by atoms with Gasteiger partial charge in [0, 0.05) is 83.7 Å². The molecule has 0 saturated heterocycles. The summed E-state index contributed by atoms with van der Waals surface area (Å²) in [6.07, 6.45) is 6.56. The van der Waals surface area contributed by atoms with E-state index >= 15 is 0 Å². The van der Waals surface area contributed by atoms with Crippen LogP contribution in [-0.2, 0) is 0 Å². The van der Waals surface area contributed by atoms with Gasteiger partial charge in [0.1, 0.15) is 0 Å². The fourth-order valence-corrected chi connectivity index (χ4v) is 11.0. The highest BCUT2D eigenvalue weighted by molar-refractivity contribution is 9.10. The van der Waals surface area contributed by atoms with E-state index in [0.29, 0.717) is 50.5 Å². The third-order valence-corrected chi connectivity index (χ3v) is 15.4. The molecule has 14 rings (SSSR count). The average molecular weight is 1270 g/mol. The lowest BCUT2D eigenvalue weighted by atomic mass is 9.82. The summed E-state index contributed by atoms with van der Waals surface area (Å²) >= 11 is 16.5. The first kappa shape index (κ1) is 59.9. The van der Waals surface area contributed by atoms with Crippen LogP contribution in [0.15, 0.2) is 308 Å². The number of hydrogen-bond acceptors (Lipinski definition) is 10. The molecule has 14 heteroatoms. The summed E-state index contributed by atoms with van der Waals surface area (Å²) in [5.41, 5.74) is 16.8. The van der Waals surface area contributed by atoms with Crippen molar-refractivity contribution in [3.05, 3.63) is 318 Å². The number of halogens is 3. The second-order valence-corrected chi connectivity index (χ2v) is 22.5. The molecule has 90 heavy (non-hydrogen) atoms. The van der Waals surface area contributed by atoms with E-state index in [1.807, 2.05) is 128 Å². The molecule has 0 bridgehead atoms. The predicted octanol–water partition coefficient (Wildman–Crippen LogP) is 18.3. The maximum absolute atomic E-state index is 8.54. The molecular weight excluding hydrogens is 1220 g/mol. The molecule has 14 aromatic rings. The number of rotatable bonds is 12. The summed E-state index contributed by atoms with van der Waals surface area (Å²) in [5.74, 6) is 3.50. The van der Waals surface area contributed by atoms with Gasteiger partial charge in [-0.25, -0.2) is 29.9 Å². The molecule has 432 valence electrons. The van der Waals surface area contributed by atoms with Gasteiger partial charge >= 0.3 is 7.12 Å². The first-order valence-corrected chi connectivity index (χ1v) is 30.3. The first-order valence-electron chi connectivity index (χ1n) is 28.7. The lowest BCUT2D eigenvalue weighted by molar-refractivity contribution is 0.425. The molecule has 4 heterocycles. The minimum absolute atomic E-state index is 0.414. The zero-order valence-corrected chi connectivity index (χ0v) is 51.1. The first-order chi connectivity index (χ1) is 44.1. The Kier molecular flexibility index (Phi) is 19.0. The van der Waals surface area contributed by atoms with Gasteiger partial charge in [0.05, 0.1) is 0 Å². The maximum atomic E-state index is 8.54. The zero-order chi connectivity index (χ0) is 61.6. The number of aromatic nitrogens is 8. The van der Waals surface area contributed by atoms with E-state index in [1.54, 1.807) is 24.5 Å². The Balaban J connectivity index is 0.000000154. The summed E-state index contributed by atoms with van der Waals surface area (Å²) in [4.78, 5) is 37.4. The maximum Gasteiger partial charge on any atom is 0.490 e. The van der Waals surface area contributed by atoms with Gasteiger partial charge in [-0.15, -0.1) is 0 Å². The summed E-state index contributed by atoms with van der Waals surface area (Å²) in [7, 11) is -1.40. The summed E-state index contributed by atoms with van der Waals surface area (Å²) in [6.45, 7) is 0. The van der Waals surface area contributed by atoms with Crippen LogP contribution in [0.5, 0.6) is 0 Å². The van der Waals surface area contributed by atoms with E-state index in [2.05, 4.69) is 171 Å². The molecular formula is C76H52BBrCl2N8O2. The van der Waals surface area contributed by atoms with Crippen LogP contribution in [0.1, 0.15) is 0 Å². The second-order valence-electron chi connectivity index (χ2n) is 20.7. The van der Waals surface area contributed by atoms with Gasteiger partial charge in [-0.05, 0) is 98.6 Å². The Labute approximate surface area is 540 Å². The van der Waals surface area contributed by atoms with Gasteiger partial charge in [0.15, 0.2) is 34.9 Å². The smallest absolute Gasteiger partial charge is 0.423 e. The van der Waals surface area contributed by atoms with Crippen molar-refractivity contribution >= 4 is 51.7 Å². The molecule has 0 unspecified atom stereocenters. The molecule has 4 aromatic heterocycles. The van der Waals surface area contributed by atoms with Crippen molar-refractivity contribution in [2.45, 2.75) is 0 Å². The van der Waals surface area contributed by atoms with Crippen molar-refractivity contribution in [3.8, 4) is 124 Å². The van der Waals surface area contributed by atoms with Gasteiger partial charge in [-0.1, -0.05) is 270 Å². The highest BCUT2D eigenvalue weighted by Crippen LogP contribution is 2.35. The normalized spacial score (nSPS) is 10.7. The largest absolute Gasteiger partial charge is 0.490 e. The van der Waals surface area contributed by atoms with Crippen LogP contribution in [0.2, 0.25) is 10.0 Å². The third-order valence-electron chi connectivity index (χ3n) is 14.5. The molecule has 0 aliphatic carbocycles. The summed E-state index contributed by atoms with van der Waals surface area (Å²) in [5, 5.41) is 18.3. The van der Waals surface area contributed by atoms with E-state index < -0.39 is 7.12 Å². The number of pyridine rings is 2. The molecule has 2 N–H and O–H groups in total. The van der Waals surface area contributed by atoms with E-state index in [1.165, 1.54) is 17.3 Å². The van der Waals surface area contributed by atoms with Crippen molar-refractivity contribution in [2.24, 2.45) is 0 Å². The highest BCUT2D eigenvalue weighted by atomic mass is 79.9. The second kappa shape index (κ2) is 28.6. The van der Waals surface area contributed by atoms with Gasteiger partial charge in [0.25, 0.3) is 0 Å². The average Bonchev–Trinajstić information content (AvgIpc) is 2.88. The van der Waals surface area contributed by atoms with Crippen LogP contribution in [0.4, 0.5) is 0 Å². The molecule has 0 aliphatic heterocycles. The van der Waals surface area contributed by atoms with Crippen molar-refractivity contribution in [2.75, 3.05) is 0 Å². The summed E-state index contributed by atoms with van der Waals surface area (Å²) in [6, 6.07) is 93.2. The Morgan fingerprint density at radius 3 is 0.833 bits per heavy atom. The molecule has 10 nitrogen and oxygen atoms in total. The lowest BCUT2D eigenvalue weighted by Gasteiger charge is -2.11. The molecule has 0 atom stereocenters. The van der Waals surface area contributed by atoms with E-state index in [9.17, 15) is 0 Å². The fourth-order valence-electron chi connectivity index (χ4n) is 9.93. The highest BCUT2D eigenvalue weighted by Gasteiger charge is 2.17. The van der Waals surface area contributed by atoms with Crippen LogP contribution in [0.3, 0.4) is 0 Å². The van der Waals surface area contributed by atoms with Crippen LogP contribution in [0, 0.1) is 0 Å². The number of benzene rings is 10. The minimum Gasteiger partial charge on any atom is -0.423 e. The van der Waals surface area contributed by atoms with Gasteiger partial charge in [0.2, 0.25) is 0 Å². The van der Waals surface area contributed by atoms with Crippen LogP contribution >= 0.6 is 39.1 Å². The standard InChI is InChI=1S/C38H25ClN4.C33H21BrClN3.C5H6BNO2/c39-35-23-33(32-12-7-21-40-25-32)22-34(24-35)38-42-36(30-17-13-28(14-18-30)26-8-3-1-4-9-26)41-37(43-38)31-19-15-29(16-20-31)27-10-5-2-6-11-27;34-29-19-28(20-30(35)21-29)33-37-31(26-15-11-24(12-16-26)22-7-3-1-4-8-22)36-32(38-33)27-17-13-25(14-18-27)23-9-5-2-6-10-23;8-6(9)5-2-1-3-7-4-5/h1-25H;1-21H;1-4,8-9H. The van der Waals surface area contributed by atoms with Crippen molar-refractivity contribution in [1.82, 2.24) is 39.9 Å². The van der Waals surface area contributed by atoms with Crippen LogP contribution in [0.25, 0.3) is 124 Å². The molecule has 0 spiro atoms. The molecule has 0 radical (unpaired) electrons.